The number of para-hydroxylation sites is 3. The van der Waals surface area contributed by atoms with Crippen molar-refractivity contribution < 1.29 is 9.47 Å². The van der Waals surface area contributed by atoms with E-state index in [9.17, 15) is 0 Å². The molecule has 0 atom stereocenters. The number of benzene rings is 2. The molecule has 112 valence electrons. The minimum atomic E-state index is 0.645. The summed E-state index contributed by atoms with van der Waals surface area (Å²) < 4.78 is 12.7. The molecule has 0 amide bonds. The van der Waals surface area contributed by atoms with Crippen LogP contribution in [0.2, 0.25) is 0 Å². The molecule has 0 aliphatic rings. The summed E-state index contributed by atoms with van der Waals surface area (Å²) in [5.74, 6) is 1.98. The lowest BCUT2D eigenvalue weighted by molar-refractivity contribution is 0.354. The van der Waals surface area contributed by atoms with Crippen molar-refractivity contribution in [3.63, 3.8) is 0 Å². The second-order valence-corrected chi connectivity index (χ2v) is 4.80. The zero-order valence-corrected chi connectivity index (χ0v) is 12.8. The first-order valence-corrected chi connectivity index (χ1v) is 6.91. The summed E-state index contributed by atoms with van der Waals surface area (Å²) in [7, 11) is 5.18. The van der Waals surface area contributed by atoms with Crippen molar-refractivity contribution in [3.05, 3.63) is 48.0 Å². The van der Waals surface area contributed by atoms with Gasteiger partial charge in [-0.2, -0.15) is 0 Å². The quantitative estimate of drug-likeness (QED) is 0.694. The highest BCUT2D eigenvalue weighted by atomic mass is 16.5. The van der Waals surface area contributed by atoms with Gasteiger partial charge in [-0.05, 0) is 24.3 Å². The molecule has 0 bridgehead atoms. The maximum Gasteiger partial charge on any atom is 0.230 e. The molecule has 0 spiro atoms. The summed E-state index contributed by atoms with van der Waals surface area (Å²) in [6.07, 6.45) is 1.74. The fraction of sp³-hybridized carbons (Fsp3) is 0.176. The van der Waals surface area contributed by atoms with Gasteiger partial charge in [0.2, 0.25) is 5.95 Å². The van der Waals surface area contributed by atoms with Crippen molar-refractivity contribution in [2.24, 2.45) is 12.0 Å². The Labute approximate surface area is 128 Å². The Bertz CT molecular complexity index is 837. The third-order valence-corrected chi connectivity index (χ3v) is 3.52. The first kappa shape index (κ1) is 14.1. The number of hydrogen-bond acceptors (Lipinski definition) is 4. The molecule has 0 N–H and O–H groups in total. The van der Waals surface area contributed by atoms with Crippen LogP contribution in [0.4, 0.5) is 5.95 Å². The maximum absolute atomic E-state index is 5.40. The van der Waals surface area contributed by atoms with E-state index in [1.165, 1.54) is 0 Å². The number of aryl methyl sites for hydroxylation is 1. The highest BCUT2D eigenvalue weighted by Crippen LogP contribution is 2.30. The van der Waals surface area contributed by atoms with Gasteiger partial charge in [0, 0.05) is 18.8 Å². The zero-order chi connectivity index (χ0) is 15.5. The summed E-state index contributed by atoms with van der Waals surface area (Å²) in [4.78, 5) is 9.01. The molecule has 22 heavy (non-hydrogen) atoms. The van der Waals surface area contributed by atoms with Gasteiger partial charge in [0.25, 0.3) is 0 Å². The van der Waals surface area contributed by atoms with Gasteiger partial charge in [-0.3, -0.25) is 0 Å². The van der Waals surface area contributed by atoms with Crippen LogP contribution in [0.3, 0.4) is 0 Å². The van der Waals surface area contributed by atoms with E-state index in [0.29, 0.717) is 17.4 Å². The van der Waals surface area contributed by atoms with E-state index < -0.39 is 0 Å². The number of nitrogens with zero attached hydrogens (tertiary/aromatic N) is 3. The highest BCUT2D eigenvalue weighted by molar-refractivity contribution is 5.87. The van der Waals surface area contributed by atoms with Crippen molar-refractivity contribution in [3.8, 4) is 11.5 Å². The Morgan fingerprint density at radius 1 is 1.05 bits per heavy atom. The second kappa shape index (κ2) is 5.89. The Kier molecular flexibility index (Phi) is 3.78. The van der Waals surface area contributed by atoms with Gasteiger partial charge in [-0.1, -0.05) is 18.2 Å². The van der Waals surface area contributed by atoms with Crippen molar-refractivity contribution in [2.45, 2.75) is 0 Å². The standard InChI is InChI=1S/C17H17N3O2/c1-20-14-9-5-4-8-13(14)19-17(20)18-11-12-7-6-10-15(21-2)16(12)22-3/h4-11H,1-3H3/b18-11+. The van der Waals surface area contributed by atoms with Crippen LogP contribution in [-0.2, 0) is 7.05 Å². The number of methoxy groups -OCH3 is 2. The third kappa shape index (κ3) is 2.41. The summed E-state index contributed by atoms with van der Waals surface area (Å²) in [6.45, 7) is 0. The first-order chi connectivity index (χ1) is 10.7. The lowest BCUT2D eigenvalue weighted by atomic mass is 10.2. The van der Waals surface area contributed by atoms with Gasteiger partial charge in [-0.25, -0.2) is 9.98 Å². The average Bonchev–Trinajstić information content (AvgIpc) is 2.89. The SMILES string of the molecule is COc1cccc(/C=N/c2nc3ccccc3n2C)c1OC. The summed E-state index contributed by atoms with van der Waals surface area (Å²) in [5, 5.41) is 0. The molecule has 0 radical (unpaired) electrons. The van der Waals surface area contributed by atoms with Crippen LogP contribution in [0, 0.1) is 0 Å². The molecule has 1 aromatic heterocycles. The molecular weight excluding hydrogens is 278 g/mol. The number of ether oxygens (including phenoxy) is 2. The number of fused-ring (bicyclic) bond motifs is 1. The van der Waals surface area contributed by atoms with E-state index in [1.807, 2.05) is 54.1 Å². The number of hydrogen-bond donors (Lipinski definition) is 0. The normalized spacial score (nSPS) is 11.2. The predicted molar refractivity (Wildman–Crippen MR) is 87.5 cm³/mol. The number of aliphatic imine (C=N–C) groups is 1. The molecule has 0 fully saturated rings. The van der Waals surface area contributed by atoms with Gasteiger partial charge in [-0.15, -0.1) is 0 Å². The van der Waals surface area contributed by atoms with Crippen LogP contribution in [0.25, 0.3) is 11.0 Å². The fourth-order valence-electron chi connectivity index (χ4n) is 2.39. The summed E-state index contributed by atoms with van der Waals surface area (Å²) in [5.41, 5.74) is 2.82. The third-order valence-electron chi connectivity index (χ3n) is 3.52. The molecule has 0 saturated heterocycles. The number of aromatic nitrogens is 2. The zero-order valence-electron chi connectivity index (χ0n) is 12.8. The lowest BCUT2D eigenvalue weighted by Gasteiger charge is -2.09. The molecule has 2 aromatic carbocycles. The topological polar surface area (TPSA) is 48.6 Å². The molecule has 5 nitrogen and oxygen atoms in total. The van der Waals surface area contributed by atoms with Crippen LogP contribution in [-0.4, -0.2) is 30.0 Å². The Morgan fingerprint density at radius 2 is 1.86 bits per heavy atom. The molecule has 3 rings (SSSR count). The van der Waals surface area contributed by atoms with Crippen molar-refractivity contribution in [2.75, 3.05) is 14.2 Å². The van der Waals surface area contributed by atoms with E-state index >= 15 is 0 Å². The van der Waals surface area contributed by atoms with E-state index in [2.05, 4.69) is 9.98 Å². The highest BCUT2D eigenvalue weighted by Gasteiger charge is 2.09. The van der Waals surface area contributed by atoms with Crippen molar-refractivity contribution in [1.82, 2.24) is 9.55 Å². The monoisotopic (exact) mass is 295 g/mol. The largest absolute Gasteiger partial charge is 0.493 e. The van der Waals surface area contributed by atoms with E-state index in [0.717, 1.165) is 16.6 Å². The molecule has 0 aliphatic heterocycles. The Morgan fingerprint density at radius 3 is 2.59 bits per heavy atom. The fourth-order valence-corrected chi connectivity index (χ4v) is 2.39. The van der Waals surface area contributed by atoms with Crippen molar-refractivity contribution >= 4 is 23.2 Å². The van der Waals surface area contributed by atoms with Crippen molar-refractivity contribution in [1.29, 1.82) is 0 Å². The van der Waals surface area contributed by atoms with Crippen LogP contribution in [0.1, 0.15) is 5.56 Å². The summed E-state index contributed by atoms with van der Waals surface area (Å²) >= 11 is 0. The van der Waals surface area contributed by atoms with Gasteiger partial charge >= 0.3 is 0 Å². The number of imidazole rings is 1. The smallest absolute Gasteiger partial charge is 0.230 e. The molecule has 0 saturated carbocycles. The second-order valence-electron chi connectivity index (χ2n) is 4.80. The van der Waals surface area contributed by atoms with Crippen LogP contribution in [0.15, 0.2) is 47.5 Å². The van der Waals surface area contributed by atoms with Crippen LogP contribution < -0.4 is 9.47 Å². The first-order valence-electron chi connectivity index (χ1n) is 6.91. The van der Waals surface area contributed by atoms with Gasteiger partial charge < -0.3 is 14.0 Å². The minimum Gasteiger partial charge on any atom is -0.493 e. The Balaban J connectivity index is 2.01. The number of rotatable bonds is 4. The molecule has 1 heterocycles. The molecule has 5 heteroatoms. The van der Waals surface area contributed by atoms with E-state index in [-0.39, 0.29) is 0 Å². The molecular formula is C17H17N3O2. The minimum absolute atomic E-state index is 0.645. The molecule has 0 unspecified atom stereocenters. The van der Waals surface area contributed by atoms with Gasteiger partial charge in [0.05, 0.1) is 25.3 Å². The van der Waals surface area contributed by atoms with E-state index in [4.69, 9.17) is 9.47 Å². The maximum atomic E-state index is 5.40. The van der Waals surface area contributed by atoms with Gasteiger partial charge in [0.15, 0.2) is 11.5 Å². The average molecular weight is 295 g/mol. The van der Waals surface area contributed by atoms with Gasteiger partial charge in [0.1, 0.15) is 0 Å². The predicted octanol–water partition coefficient (Wildman–Crippen LogP) is 3.34. The van der Waals surface area contributed by atoms with Crippen LogP contribution >= 0.6 is 0 Å². The molecule has 3 aromatic rings. The van der Waals surface area contributed by atoms with E-state index in [1.54, 1.807) is 20.4 Å². The van der Waals surface area contributed by atoms with Crippen LogP contribution in [0.5, 0.6) is 11.5 Å². The summed E-state index contributed by atoms with van der Waals surface area (Å²) in [6, 6.07) is 13.6. The Hall–Kier alpha value is -2.82. The lowest BCUT2D eigenvalue weighted by Crippen LogP contribution is -1.95. The molecule has 0 aliphatic carbocycles.